The Bertz CT molecular complexity index is 1590. The zero-order valence-corrected chi connectivity index (χ0v) is 24.8. The fourth-order valence-corrected chi connectivity index (χ4v) is 6.06. The highest BCUT2D eigenvalue weighted by atomic mass is 79.9. The Kier molecular flexibility index (Phi) is 8.80. The second-order valence-corrected chi connectivity index (χ2v) is 11.7. The average Bonchev–Trinajstić information content (AvgIpc) is 3.23. The number of carbonyl (C=O) groups excluding carboxylic acids is 2. The Balaban J connectivity index is 1.45. The summed E-state index contributed by atoms with van der Waals surface area (Å²) in [5.41, 5.74) is 5.82. The van der Waals surface area contributed by atoms with Crippen molar-refractivity contribution in [1.82, 2.24) is 29.1 Å². The van der Waals surface area contributed by atoms with Gasteiger partial charge < -0.3 is 20.7 Å². The van der Waals surface area contributed by atoms with Gasteiger partial charge in [-0.15, -0.1) is 11.8 Å². The molecule has 1 saturated heterocycles. The van der Waals surface area contributed by atoms with E-state index in [0.717, 1.165) is 24.2 Å². The monoisotopic (exact) mass is 643 g/mol. The number of hydrogen-bond donors (Lipinski definition) is 2. The van der Waals surface area contributed by atoms with E-state index in [-0.39, 0.29) is 24.7 Å². The van der Waals surface area contributed by atoms with E-state index < -0.39 is 29.4 Å². The number of rotatable bonds is 8. The number of carbonyl (C=O) groups is 2. The van der Waals surface area contributed by atoms with E-state index in [2.05, 4.69) is 26.2 Å². The number of nitrogens with one attached hydrogen (secondary N) is 1. The molecule has 3 aromatic rings. The number of nitrogen functional groups attached to an aromatic ring is 1. The smallest absolute Gasteiger partial charge is 0.349 e. The molecule has 3 N–H and O–H groups in total. The lowest BCUT2D eigenvalue weighted by Crippen LogP contribution is -2.48. The van der Waals surface area contributed by atoms with Crippen molar-refractivity contribution in [3.8, 4) is 0 Å². The predicted molar refractivity (Wildman–Crippen MR) is 158 cm³/mol. The van der Waals surface area contributed by atoms with Gasteiger partial charge in [-0.3, -0.25) is 9.59 Å². The van der Waals surface area contributed by atoms with Crippen LogP contribution in [0.5, 0.6) is 0 Å². The average molecular weight is 645 g/mol. The second kappa shape index (κ2) is 12.5. The van der Waals surface area contributed by atoms with Gasteiger partial charge in [0.05, 0.1) is 19.8 Å². The molecule has 216 valence electrons. The molecule has 0 bridgehead atoms. The minimum atomic E-state index is -1.07. The van der Waals surface area contributed by atoms with E-state index >= 15 is 0 Å². The van der Waals surface area contributed by atoms with Crippen LogP contribution in [0.15, 0.2) is 67.5 Å². The highest BCUT2D eigenvalue weighted by Gasteiger charge is 2.35. The van der Waals surface area contributed by atoms with Crippen molar-refractivity contribution in [1.29, 1.82) is 0 Å². The molecule has 0 spiro atoms. The van der Waals surface area contributed by atoms with Gasteiger partial charge in [0.25, 0.3) is 0 Å². The number of allylic oxidation sites excluding steroid dienone is 1. The number of aromatic nitrogens is 4. The van der Waals surface area contributed by atoms with Gasteiger partial charge in [-0.25, -0.2) is 28.5 Å². The van der Waals surface area contributed by atoms with Crippen LogP contribution < -0.4 is 22.4 Å². The predicted octanol–water partition coefficient (Wildman–Crippen LogP) is 1.48. The summed E-state index contributed by atoms with van der Waals surface area (Å²) in [4.78, 5) is 61.3. The molecule has 2 atom stereocenters. The minimum absolute atomic E-state index is 0.101. The molecule has 0 radical (unpaired) electrons. The molecule has 41 heavy (non-hydrogen) atoms. The van der Waals surface area contributed by atoms with Crippen molar-refractivity contribution >= 4 is 45.3 Å². The molecule has 2 aromatic heterocycles. The van der Waals surface area contributed by atoms with Crippen LogP contribution in [0.1, 0.15) is 23.3 Å². The first-order valence-electron chi connectivity index (χ1n) is 13.1. The maximum Gasteiger partial charge on any atom is 0.349 e. The summed E-state index contributed by atoms with van der Waals surface area (Å²) in [5, 5.41) is 2.83. The molecule has 5 rings (SSSR count). The summed E-state index contributed by atoms with van der Waals surface area (Å²) >= 11 is 4.79. The number of aryl methyl sites for hydroxylation is 1. The molecule has 0 saturated carbocycles. The lowest BCUT2D eigenvalue weighted by atomic mass is 10.2. The highest BCUT2D eigenvalue weighted by Crippen LogP contribution is 2.25. The van der Waals surface area contributed by atoms with E-state index in [9.17, 15) is 19.2 Å². The lowest BCUT2D eigenvalue weighted by molar-refractivity contribution is -0.138. The number of benzene rings is 1. The third-order valence-electron chi connectivity index (χ3n) is 7.03. The van der Waals surface area contributed by atoms with Crippen LogP contribution >= 0.6 is 27.7 Å². The van der Waals surface area contributed by atoms with Crippen molar-refractivity contribution in [3.63, 3.8) is 0 Å². The molecule has 0 aliphatic carbocycles. The largest absolute Gasteiger partial charge is 0.384 e. The summed E-state index contributed by atoms with van der Waals surface area (Å²) < 4.78 is 9.65. The van der Waals surface area contributed by atoms with Crippen LogP contribution in [0, 0.1) is 6.92 Å². The minimum Gasteiger partial charge on any atom is -0.384 e. The number of nitrogens with two attached hydrogens (primary N) is 1. The van der Waals surface area contributed by atoms with Gasteiger partial charge in [-0.1, -0.05) is 34.1 Å². The summed E-state index contributed by atoms with van der Waals surface area (Å²) in [5.74, 6) is -0.263. The molecule has 1 fully saturated rings. The summed E-state index contributed by atoms with van der Waals surface area (Å²) in [6.07, 6.45) is 3.25. The number of anilines is 1. The van der Waals surface area contributed by atoms with Gasteiger partial charge in [-0.05, 0) is 42.8 Å². The number of fused-ring (bicyclic) bond motifs is 1. The molecule has 1 aromatic carbocycles. The number of halogens is 1. The van der Waals surface area contributed by atoms with Crippen molar-refractivity contribution in [2.24, 2.45) is 0 Å². The van der Waals surface area contributed by atoms with E-state index in [0.29, 0.717) is 37.8 Å². The molecule has 2 unspecified atom stereocenters. The van der Waals surface area contributed by atoms with Crippen molar-refractivity contribution < 1.29 is 14.3 Å². The van der Waals surface area contributed by atoms with Gasteiger partial charge in [0, 0.05) is 40.4 Å². The van der Waals surface area contributed by atoms with Crippen LogP contribution in [0.4, 0.5) is 5.82 Å². The van der Waals surface area contributed by atoms with Gasteiger partial charge in [0.15, 0.2) is 6.04 Å². The number of morpholine rings is 1. The quantitative estimate of drug-likeness (QED) is 0.277. The zero-order valence-electron chi connectivity index (χ0n) is 22.4. The van der Waals surface area contributed by atoms with Gasteiger partial charge in [-0.2, -0.15) is 0 Å². The fourth-order valence-electron chi connectivity index (χ4n) is 4.82. The maximum absolute atomic E-state index is 13.9. The van der Waals surface area contributed by atoms with Crippen molar-refractivity contribution in [2.75, 3.05) is 37.8 Å². The third kappa shape index (κ3) is 6.19. The Hall–Kier alpha value is -3.62. The zero-order chi connectivity index (χ0) is 29.1. The number of hydrogen-bond acceptors (Lipinski definition) is 8. The lowest BCUT2D eigenvalue weighted by Gasteiger charge is -2.30. The summed E-state index contributed by atoms with van der Waals surface area (Å²) in [6, 6.07) is 8.85. The van der Waals surface area contributed by atoms with Gasteiger partial charge in [0.2, 0.25) is 11.8 Å². The number of ether oxygens (including phenoxy) is 1. The molecule has 4 heterocycles. The highest BCUT2D eigenvalue weighted by molar-refractivity contribution is 9.10. The van der Waals surface area contributed by atoms with Gasteiger partial charge in [0.1, 0.15) is 11.9 Å². The van der Waals surface area contributed by atoms with Crippen molar-refractivity contribution in [3.05, 3.63) is 85.2 Å². The number of thioether (sulfide) groups is 1. The van der Waals surface area contributed by atoms with Crippen LogP contribution in [-0.2, 0) is 27.4 Å². The first-order valence-corrected chi connectivity index (χ1v) is 14.9. The second-order valence-electron chi connectivity index (χ2n) is 9.65. The molecule has 2 aliphatic rings. The van der Waals surface area contributed by atoms with Crippen LogP contribution in [0.3, 0.4) is 0 Å². The Morgan fingerprint density at radius 2 is 1.88 bits per heavy atom. The van der Waals surface area contributed by atoms with E-state index in [1.165, 1.54) is 16.4 Å². The van der Waals surface area contributed by atoms with Crippen LogP contribution in [0.2, 0.25) is 0 Å². The molecule has 2 aliphatic heterocycles. The molecular formula is C27H30BrN7O5S. The van der Waals surface area contributed by atoms with E-state index in [1.54, 1.807) is 36.1 Å². The number of amides is 2. The fraction of sp³-hybridized carbons (Fsp3) is 0.370. The van der Waals surface area contributed by atoms with Crippen LogP contribution in [-0.4, -0.2) is 67.7 Å². The van der Waals surface area contributed by atoms with E-state index in [1.807, 2.05) is 24.3 Å². The first-order chi connectivity index (χ1) is 19.7. The van der Waals surface area contributed by atoms with Gasteiger partial charge >= 0.3 is 11.4 Å². The Morgan fingerprint density at radius 3 is 2.59 bits per heavy atom. The summed E-state index contributed by atoms with van der Waals surface area (Å²) in [7, 11) is 0. The normalized spacial score (nSPS) is 17.2. The number of nitrogens with zero attached hydrogens (tertiary/aromatic N) is 5. The SMILES string of the molecule is Cc1nc(N)ccc1CNC(=O)C1C=CCn2c(=O)n(C(CSc3ccc(Br)cc3)C(=O)N3CCOCC3)c(=O)n21. The Morgan fingerprint density at radius 1 is 1.15 bits per heavy atom. The molecular weight excluding hydrogens is 614 g/mol. The summed E-state index contributed by atoms with van der Waals surface area (Å²) in [6.45, 7) is 3.57. The molecule has 14 heteroatoms. The first kappa shape index (κ1) is 28.9. The topological polar surface area (TPSA) is 146 Å². The third-order valence-corrected chi connectivity index (χ3v) is 8.65. The van der Waals surface area contributed by atoms with Crippen LogP contribution in [0.25, 0.3) is 0 Å². The van der Waals surface area contributed by atoms with E-state index in [4.69, 9.17) is 10.5 Å². The maximum atomic E-state index is 13.9. The van der Waals surface area contributed by atoms with Crippen molar-refractivity contribution in [2.45, 2.75) is 37.0 Å². The Labute approximate surface area is 248 Å². The molecule has 12 nitrogen and oxygen atoms in total. The number of pyridine rings is 1. The standard InChI is InChI=1S/C27H30BrN7O5S/c1-17-18(4-9-23(29)31-17)15-30-24(36)21-3-2-10-33-26(38)34(27(39)35(21)33)22(25(37)32-11-13-40-14-12-32)16-41-20-7-5-19(28)6-8-20/h2-9,21-22H,10-16H2,1H3,(H2,29,31)(H,30,36). The molecule has 2 amide bonds.